The van der Waals surface area contributed by atoms with Crippen LogP contribution in [0.3, 0.4) is 0 Å². The zero-order valence-corrected chi connectivity index (χ0v) is 10.9. The van der Waals surface area contributed by atoms with E-state index < -0.39 is 10.2 Å². The SMILES string of the molecule is COCCNS(=O)(=O)N1CC(N)(C(C)C)C1. The van der Waals surface area contributed by atoms with Crippen LogP contribution < -0.4 is 10.5 Å². The molecule has 0 aromatic carbocycles. The second-order valence-corrected chi connectivity index (χ2v) is 6.30. The fraction of sp³-hybridized carbons (Fsp3) is 1.00. The van der Waals surface area contributed by atoms with Gasteiger partial charge in [-0.05, 0) is 5.92 Å². The molecule has 1 rings (SSSR count). The lowest BCUT2D eigenvalue weighted by molar-refractivity contribution is 0.108. The lowest BCUT2D eigenvalue weighted by Crippen LogP contribution is -2.72. The summed E-state index contributed by atoms with van der Waals surface area (Å²) in [6.45, 7) is 5.42. The Morgan fingerprint density at radius 2 is 2.06 bits per heavy atom. The summed E-state index contributed by atoms with van der Waals surface area (Å²) in [5, 5.41) is 0. The minimum atomic E-state index is -3.38. The quantitative estimate of drug-likeness (QED) is 0.601. The highest BCUT2D eigenvalue weighted by atomic mass is 32.2. The maximum absolute atomic E-state index is 11.7. The summed E-state index contributed by atoms with van der Waals surface area (Å²) in [5.74, 6) is 0.276. The summed E-state index contributed by atoms with van der Waals surface area (Å²) < 4.78 is 32.0. The Bertz CT molecular complexity index is 323. The summed E-state index contributed by atoms with van der Waals surface area (Å²) in [6, 6.07) is 0. The van der Waals surface area contributed by atoms with E-state index in [1.807, 2.05) is 13.8 Å². The number of nitrogens with two attached hydrogens (primary N) is 1. The van der Waals surface area contributed by atoms with Gasteiger partial charge in [-0.15, -0.1) is 0 Å². The van der Waals surface area contributed by atoms with Crippen molar-refractivity contribution in [3.63, 3.8) is 0 Å². The molecule has 0 saturated carbocycles. The van der Waals surface area contributed by atoms with Gasteiger partial charge in [0.2, 0.25) is 0 Å². The van der Waals surface area contributed by atoms with Crippen LogP contribution in [0.1, 0.15) is 13.8 Å². The van der Waals surface area contributed by atoms with Crippen LogP contribution in [0.15, 0.2) is 0 Å². The van der Waals surface area contributed by atoms with Gasteiger partial charge >= 0.3 is 0 Å². The van der Waals surface area contributed by atoms with Gasteiger partial charge in [0.15, 0.2) is 0 Å². The highest BCUT2D eigenvalue weighted by Gasteiger charge is 2.46. The van der Waals surface area contributed by atoms with Crippen LogP contribution in [0.5, 0.6) is 0 Å². The monoisotopic (exact) mass is 251 g/mol. The number of rotatable bonds is 6. The second kappa shape index (κ2) is 4.97. The first kappa shape index (κ1) is 13.9. The molecule has 96 valence electrons. The molecule has 0 aromatic rings. The molecule has 6 nitrogen and oxygen atoms in total. The number of hydrogen-bond donors (Lipinski definition) is 2. The summed E-state index contributed by atoms with van der Waals surface area (Å²) in [6.07, 6.45) is 0. The second-order valence-electron chi connectivity index (χ2n) is 4.55. The van der Waals surface area contributed by atoms with Crippen LogP contribution in [-0.4, -0.2) is 51.6 Å². The Morgan fingerprint density at radius 1 is 1.50 bits per heavy atom. The van der Waals surface area contributed by atoms with E-state index >= 15 is 0 Å². The predicted octanol–water partition coefficient (Wildman–Crippen LogP) is -0.864. The third-order valence-electron chi connectivity index (χ3n) is 3.02. The van der Waals surface area contributed by atoms with Gasteiger partial charge in [-0.2, -0.15) is 17.4 Å². The average molecular weight is 251 g/mol. The minimum absolute atomic E-state index is 0.276. The average Bonchev–Trinajstić information content (AvgIpc) is 2.12. The van der Waals surface area contributed by atoms with E-state index in [9.17, 15) is 8.42 Å². The molecule has 0 bridgehead atoms. The summed E-state index contributed by atoms with van der Waals surface area (Å²) in [7, 11) is -1.85. The summed E-state index contributed by atoms with van der Waals surface area (Å²) >= 11 is 0. The molecule has 1 saturated heterocycles. The van der Waals surface area contributed by atoms with Crippen LogP contribution in [0.2, 0.25) is 0 Å². The number of hydrogen-bond acceptors (Lipinski definition) is 4. The zero-order valence-electron chi connectivity index (χ0n) is 10.1. The van der Waals surface area contributed by atoms with Gasteiger partial charge in [-0.25, -0.2) is 0 Å². The highest BCUT2D eigenvalue weighted by Crippen LogP contribution is 2.27. The molecule has 1 heterocycles. The Labute approximate surface area is 97.3 Å². The number of nitrogens with one attached hydrogen (secondary N) is 1. The third kappa shape index (κ3) is 2.92. The van der Waals surface area contributed by atoms with Gasteiger partial charge < -0.3 is 10.5 Å². The molecular weight excluding hydrogens is 230 g/mol. The van der Waals surface area contributed by atoms with E-state index in [0.717, 1.165) is 0 Å². The molecule has 3 N–H and O–H groups in total. The largest absolute Gasteiger partial charge is 0.383 e. The normalized spacial score (nSPS) is 21.1. The molecule has 1 fully saturated rings. The lowest BCUT2D eigenvalue weighted by Gasteiger charge is -2.49. The Kier molecular flexibility index (Phi) is 4.30. The van der Waals surface area contributed by atoms with Gasteiger partial charge in [0.1, 0.15) is 0 Å². The van der Waals surface area contributed by atoms with Crippen LogP contribution in [0, 0.1) is 5.92 Å². The molecule has 0 atom stereocenters. The van der Waals surface area contributed by atoms with Gasteiger partial charge in [0, 0.05) is 32.3 Å². The number of ether oxygens (including phenoxy) is 1. The number of methoxy groups -OCH3 is 1. The molecule has 0 spiro atoms. The van der Waals surface area contributed by atoms with E-state index in [1.165, 1.54) is 11.4 Å². The van der Waals surface area contributed by atoms with E-state index in [0.29, 0.717) is 19.7 Å². The van der Waals surface area contributed by atoms with E-state index in [1.54, 1.807) is 0 Å². The first-order valence-electron chi connectivity index (χ1n) is 5.34. The Balaban J connectivity index is 2.44. The van der Waals surface area contributed by atoms with Gasteiger partial charge in [-0.3, -0.25) is 0 Å². The van der Waals surface area contributed by atoms with Crippen LogP contribution in [0.25, 0.3) is 0 Å². The molecule has 0 aromatic heterocycles. The van der Waals surface area contributed by atoms with Crippen molar-refractivity contribution in [3.05, 3.63) is 0 Å². The maximum atomic E-state index is 11.7. The van der Waals surface area contributed by atoms with Crippen molar-refractivity contribution in [1.82, 2.24) is 9.03 Å². The van der Waals surface area contributed by atoms with Gasteiger partial charge in [0.25, 0.3) is 10.2 Å². The van der Waals surface area contributed by atoms with E-state index in [-0.39, 0.29) is 18.0 Å². The molecule has 0 radical (unpaired) electrons. The predicted molar refractivity (Wildman–Crippen MR) is 62.1 cm³/mol. The van der Waals surface area contributed by atoms with Crippen LogP contribution in [0.4, 0.5) is 0 Å². The smallest absolute Gasteiger partial charge is 0.279 e. The van der Waals surface area contributed by atoms with E-state index in [2.05, 4.69) is 4.72 Å². The Hall–Kier alpha value is -0.210. The van der Waals surface area contributed by atoms with Crippen molar-refractivity contribution in [1.29, 1.82) is 0 Å². The van der Waals surface area contributed by atoms with Crippen LogP contribution in [-0.2, 0) is 14.9 Å². The maximum Gasteiger partial charge on any atom is 0.279 e. The fourth-order valence-corrected chi connectivity index (χ4v) is 2.85. The zero-order chi connectivity index (χ0) is 12.4. The Morgan fingerprint density at radius 3 is 2.50 bits per heavy atom. The molecule has 0 aliphatic carbocycles. The molecule has 1 aliphatic heterocycles. The molecule has 16 heavy (non-hydrogen) atoms. The van der Waals surface area contributed by atoms with Crippen molar-refractivity contribution < 1.29 is 13.2 Å². The fourth-order valence-electron chi connectivity index (χ4n) is 1.51. The standard InChI is InChI=1S/C9H21N3O3S/c1-8(2)9(10)6-12(7-9)16(13,14)11-4-5-15-3/h8,11H,4-7,10H2,1-3H3. The van der Waals surface area contributed by atoms with Crippen molar-refractivity contribution in [3.8, 4) is 0 Å². The van der Waals surface area contributed by atoms with Gasteiger partial charge in [0.05, 0.1) is 6.61 Å². The van der Waals surface area contributed by atoms with Crippen molar-refractivity contribution in [2.45, 2.75) is 19.4 Å². The molecule has 7 heteroatoms. The molecule has 1 aliphatic rings. The number of nitrogens with zero attached hydrogens (tertiary/aromatic N) is 1. The molecular formula is C9H21N3O3S. The van der Waals surface area contributed by atoms with Crippen molar-refractivity contribution in [2.24, 2.45) is 11.7 Å². The summed E-state index contributed by atoms with van der Waals surface area (Å²) in [4.78, 5) is 0. The first-order chi connectivity index (χ1) is 7.32. The molecule has 0 unspecified atom stereocenters. The van der Waals surface area contributed by atoms with Gasteiger partial charge in [-0.1, -0.05) is 13.8 Å². The van der Waals surface area contributed by atoms with E-state index in [4.69, 9.17) is 10.5 Å². The summed E-state index contributed by atoms with van der Waals surface area (Å²) in [5.41, 5.74) is 5.65. The minimum Gasteiger partial charge on any atom is -0.383 e. The molecule has 0 amide bonds. The highest BCUT2D eigenvalue weighted by molar-refractivity contribution is 7.87. The topological polar surface area (TPSA) is 84.7 Å². The van der Waals surface area contributed by atoms with Crippen LogP contribution >= 0.6 is 0 Å². The third-order valence-corrected chi connectivity index (χ3v) is 4.53. The van der Waals surface area contributed by atoms with Crippen molar-refractivity contribution >= 4 is 10.2 Å². The van der Waals surface area contributed by atoms with Crippen molar-refractivity contribution in [2.75, 3.05) is 33.4 Å². The first-order valence-corrected chi connectivity index (χ1v) is 6.78. The lowest BCUT2D eigenvalue weighted by atomic mass is 9.82.